The van der Waals surface area contributed by atoms with Crippen molar-refractivity contribution in [1.82, 2.24) is 14.1 Å². The largest absolute Gasteiger partial charge is 0.379 e. The fraction of sp³-hybridized carbons (Fsp3) is 0.412. The van der Waals surface area contributed by atoms with Gasteiger partial charge in [-0.3, -0.25) is 9.48 Å². The molecular weight excluding hydrogens is 356 g/mol. The second-order valence-corrected chi connectivity index (χ2v) is 7.89. The predicted octanol–water partition coefficient (Wildman–Crippen LogP) is 1.48. The summed E-state index contributed by atoms with van der Waals surface area (Å²) in [5.74, 6) is -0.272. The van der Waals surface area contributed by atoms with Gasteiger partial charge in [0.05, 0.1) is 29.9 Å². The Morgan fingerprint density at radius 2 is 1.88 bits per heavy atom. The highest BCUT2D eigenvalue weighted by Crippen LogP contribution is 2.20. The van der Waals surface area contributed by atoms with E-state index in [-0.39, 0.29) is 10.8 Å². The lowest BCUT2D eigenvalue weighted by atomic mass is 10.2. The van der Waals surface area contributed by atoms with Gasteiger partial charge in [-0.1, -0.05) is 0 Å². The van der Waals surface area contributed by atoms with Crippen molar-refractivity contribution in [2.75, 3.05) is 31.6 Å². The fourth-order valence-electron chi connectivity index (χ4n) is 2.83. The van der Waals surface area contributed by atoms with E-state index in [4.69, 9.17) is 4.74 Å². The number of rotatable bonds is 5. The molecule has 8 nitrogen and oxygen atoms in total. The maximum Gasteiger partial charge on any atom is 0.259 e. The van der Waals surface area contributed by atoms with Gasteiger partial charge in [-0.25, -0.2) is 8.42 Å². The van der Waals surface area contributed by atoms with Crippen molar-refractivity contribution < 1.29 is 17.9 Å². The van der Waals surface area contributed by atoms with Gasteiger partial charge in [-0.05, 0) is 38.1 Å². The highest BCUT2D eigenvalue weighted by Gasteiger charge is 2.26. The number of morpholine rings is 1. The molecule has 140 valence electrons. The Morgan fingerprint density at radius 1 is 1.23 bits per heavy atom. The number of anilines is 1. The smallest absolute Gasteiger partial charge is 0.259 e. The number of carbonyl (C=O) groups is 1. The third-order valence-electron chi connectivity index (χ3n) is 4.37. The van der Waals surface area contributed by atoms with Gasteiger partial charge in [0.2, 0.25) is 10.0 Å². The normalized spacial score (nSPS) is 15.8. The molecule has 0 spiro atoms. The quantitative estimate of drug-likeness (QED) is 0.851. The summed E-state index contributed by atoms with van der Waals surface area (Å²) in [6, 6.07) is 6.18. The third-order valence-corrected chi connectivity index (χ3v) is 6.28. The third kappa shape index (κ3) is 3.64. The molecule has 1 aliphatic heterocycles. The zero-order valence-electron chi connectivity index (χ0n) is 14.8. The maximum atomic E-state index is 12.6. The molecule has 1 aliphatic rings. The summed E-state index contributed by atoms with van der Waals surface area (Å²) in [7, 11) is -3.54. The number of amides is 1. The molecule has 0 saturated carbocycles. The van der Waals surface area contributed by atoms with Gasteiger partial charge < -0.3 is 10.1 Å². The number of benzene rings is 1. The molecule has 1 amide bonds. The molecule has 1 saturated heterocycles. The molecule has 2 aromatic rings. The zero-order chi connectivity index (χ0) is 18.7. The summed E-state index contributed by atoms with van der Waals surface area (Å²) in [6.45, 7) is 5.98. The van der Waals surface area contributed by atoms with Gasteiger partial charge in [-0.2, -0.15) is 9.40 Å². The van der Waals surface area contributed by atoms with Crippen molar-refractivity contribution in [3.05, 3.63) is 41.7 Å². The fourth-order valence-corrected chi connectivity index (χ4v) is 4.24. The Balaban J connectivity index is 1.73. The Kier molecular flexibility index (Phi) is 5.40. The van der Waals surface area contributed by atoms with Crippen LogP contribution in [-0.2, 0) is 21.3 Å². The first-order valence-corrected chi connectivity index (χ1v) is 9.89. The van der Waals surface area contributed by atoms with Crippen LogP contribution in [0.5, 0.6) is 0 Å². The van der Waals surface area contributed by atoms with E-state index in [1.54, 1.807) is 16.8 Å². The summed E-state index contributed by atoms with van der Waals surface area (Å²) in [5.41, 5.74) is 1.81. The minimum Gasteiger partial charge on any atom is -0.379 e. The topological polar surface area (TPSA) is 93.5 Å². The number of hydrogen-bond acceptors (Lipinski definition) is 5. The lowest BCUT2D eigenvalue weighted by Gasteiger charge is -2.26. The van der Waals surface area contributed by atoms with Crippen molar-refractivity contribution in [2.24, 2.45) is 0 Å². The van der Waals surface area contributed by atoms with Crippen molar-refractivity contribution in [2.45, 2.75) is 25.3 Å². The Labute approximate surface area is 152 Å². The van der Waals surface area contributed by atoms with E-state index in [1.807, 2.05) is 13.8 Å². The summed E-state index contributed by atoms with van der Waals surface area (Å²) < 4.78 is 33.5. The second-order valence-electron chi connectivity index (χ2n) is 5.95. The molecular formula is C17H22N4O4S. The molecule has 0 atom stereocenters. The van der Waals surface area contributed by atoms with Crippen molar-refractivity contribution in [3.8, 4) is 0 Å². The average molecular weight is 378 g/mol. The van der Waals surface area contributed by atoms with Gasteiger partial charge >= 0.3 is 0 Å². The van der Waals surface area contributed by atoms with Crippen LogP contribution in [0, 0.1) is 6.92 Å². The molecule has 0 radical (unpaired) electrons. The van der Waals surface area contributed by atoms with Crippen LogP contribution >= 0.6 is 0 Å². The highest BCUT2D eigenvalue weighted by molar-refractivity contribution is 7.89. The van der Waals surface area contributed by atoms with E-state index in [9.17, 15) is 13.2 Å². The van der Waals surface area contributed by atoms with Gasteiger partial charge in [-0.15, -0.1) is 0 Å². The van der Waals surface area contributed by atoms with Crippen LogP contribution in [-0.4, -0.2) is 54.7 Å². The molecule has 1 N–H and O–H groups in total. The van der Waals surface area contributed by atoms with E-state index in [0.29, 0.717) is 44.1 Å². The van der Waals surface area contributed by atoms with Crippen LogP contribution < -0.4 is 5.32 Å². The first-order chi connectivity index (χ1) is 12.4. The summed E-state index contributed by atoms with van der Waals surface area (Å²) >= 11 is 0. The second kappa shape index (κ2) is 7.56. The number of carbonyl (C=O) groups excluding carboxylic acids is 1. The van der Waals surface area contributed by atoms with Gasteiger partial charge in [0.1, 0.15) is 0 Å². The lowest BCUT2D eigenvalue weighted by molar-refractivity contribution is 0.0730. The molecule has 26 heavy (non-hydrogen) atoms. The van der Waals surface area contributed by atoms with Crippen LogP contribution in [0.4, 0.5) is 5.69 Å². The molecule has 1 fully saturated rings. The van der Waals surface area contributed by atoms with Crippen molar-refractivity contribution in [3.63, 3.8) is 0 Å². The predicted molar refractivity (Wildman–Crippen MR) is 96.6 cm³/mol. The number of aromatic nitrogens is 2. The zero-order valence-corrected chi connectivity index (χ0v) is 15.6. The monoisotopic (exact) mass is 378 g/mol. The van der Waals surface area contributed by atoms with Crippen LogP contribution in [0.1, 0.15) is 23.0 Å². The van der Waals surface area contributed by atoms with E-state index >= 15 is 0 Å². The first kappa shape index (κ1) is 18.6. The minimum atomic E-state index is -3.54. The Hall–Kier alpha value is -2.23. The number of hydrogen-bond donors (Lipinski definition) is 1. The van der Waals surface area contributed by atoms with E-state index in [1.165, 1.54) is 22.6 Å². The number of nitrogens with one attached hydrogen (secondary N) is 1. The van der Waals surface area contributed by atoms with Crippen LogP contribution in [0.25, 0.3) is 0 Å². The van der Waals surface area contributed by atoms with Crippen LogP contribution in [0.2, 0.25) is 0 Å². The van der Waals surface area contributed by atoms with Gasteiger partial charge in [0, 0.05) is 31.0 Å². The average Bonchev–Trinajstić information content (AvgIpc) is 3.03. The van der Waals surface area contributed by atoms with Gasteiger partial charge in [0.15, 0.2) is 0 Å². The number of ether oxygens (including phenoxy) is 1. The molecule has 0 aliphatic carbocycles. The lowest BCUT2D eigenvalue weighted by Crippen LogP contribution is -2.40. The Bertz CT molecular complexity index is 884. The van der Waals surface area contributed by atoms with Crippen LogP contribution in [0.3, 0.4) is 0 Å². The highest BCUT2D eigenvalue weighted by atomic mass is 32.2. The standard InChI is InChI=1S/C17H22N4O4S/c1-3-21-13(2)16(12-18-21)17(22)19-14-4-6-15(7-5-14)26(23,24)20-8-10-25-11-9-20/h4-7,12H,3,8-11H2,1-2H3,(H,19,22). The summed E-state index contributed by atoms with van der Waals surface area (Å²) in [5, 5.41) is 6.93. The maximum absolute atomic E-state index is 12.6. The van der Waals surface area contributed by atoms with Crippen molar-refractivity contribution >= 4 is 21.6 Å². The van der Waals surface area contributed by atoms with E-state index in [2.05, 4.69) is 10.4 Å². The molecule has 3 rings (SSSR count). The molecule has 9 heteroatoms. The van der Waals surface area contributed by atoms with Gasteiger partial charge in [0.25, 0.3) is 5.91 Å². The Morgan fingerprint density at radius 3 is 2.46 bits per heavy atom. The molecule has 1 aromatic heterocycles. The summed E-state index contributed by atoms with van der Waals surface area (Å²) in [6.07, 6.45) is 1.53. The van der Waals surface area contributed by atoms with Crippen molar-refractivity contribution in [1.29, 1.82) is 0 Å². The molecule has 0 bridgehead atoms. The van der Waals surface area contributed by atoms with E-state index in [0.717, 1.165) is 5.69 Å². The van der Waals surface area contributed by atoms with E-state index < -0.39 is 10.0 Å². The minimum absolute atomic E-state index is 0.201. The number of nitrogens with zero attached hydrogens (tertiary/aromatic N) is 3. The first-order valence-electron chi connectivity index (χ1n) is 8.45. The summed E-state index contributed by atoms with van der Waals surface area (Å²) in [4.78, 5) is 12.6. The molecule has 2 heterocycles. The van der Waals surface area contributed by atoms with Crippen LogP contribution in [0.15, 0.2) is 35.4 Å². The molecule has 0 unspecified atom stereocenters. The number of sulfonamides is 1. The number of aryl methyl sites for hydroxylation is 1. The SMILES string of the molecule is CCn1ncc(C(=O)Nc2ccc(S(=O)(=O)N3CCOCC3)cc2)c1C. The molecule has 1 aromatic carbocycles.